The van der Waals surface area contributed by atoms with E-state index in [4.69, 9.17) is 11.6 Å². The van der Waals surface area contributed by atoms with E-state index in [9.17, 15) is 4.79 Å². The zero-order chi connectivity index (χ0) is 14.0. The Hall–Kier alpha value is -0.910. The van der Waals surface area contributed by atoms with E-state index in [1.54, 1.807) is 23.6 Å². The smallest absolute Gasteiger partial charge is 0.254 e. The van der Waals surface area contributed by atoms with Crippen molar-refractivity contribution in [3.63, 3.8) is 0 Å². The fraction of sp³-hybridized carbons (Fsp3) is 0.231. The first-order valence-corrected chi connectivity index (χ1v) is 7.64. The third-order valence-electron chi connectivity index (χ3n) is 2.59. The molecule has 0 radical (unpaired) electrons. The molecule has 100 valence electrons. The quantitative estimate of drug-likeness (QED) is 0.827. The summed E-state index contributed by atoms with van der Waals surface area (Å²) >= 11 is 10.9. The highest BCUT2D eigenvalue weighted by molar-refractivity contribution is 9.10. The number of hydrogen-bond acceptors (Lipinski definition) is 3. The molecule has 0 aromatic carbocycles. The molecule has 3 nitrogen and oxygen atoms in total. The topological polar surface area (TPSA) is 42.0 Å². The lowest BCUT2D eigenvalue weighted by Crippen LogP contribution is -2.26. The number of nitrogens with one attached hydrogen (secondary N) is 1. The predicted molar refractivity (Wildman–Crippen MR) is 81.9 cm³/mol. The van der Waals surface area contributed by atoms with E-state index in [2.05, 4.69) is 26.2 Å². The first-order chi connectivity index (χ1) is 8.97. The van der Waals surface area contributed by atoms with Crippen LogP contribution in [-0.2, 0) is 0 Å². The molecule has 2 aromatic heterocycles. The normalized spacial score (nSPS) is 12.2. The molecule has 0 aliphatic rings. The number of carbonyl (C=O) groups is 1. The molecule has 0 saturated carbocycles. The van der Waals surface area contributed by atoms with E-state index < -0.39 is 0 Å². The Balaban J connectivity index is 2.15. The third-order valence-corrected chi connectivity index (χ3v) is 4.50. The fourth-order valence-electron chi connectivity index (χ4n) is 1.61. The van der Waals surface area contributed by atoms with E-state index in [1.807, 2.05) is 26.0 Å². The first kappa shape index (κ1) is 14.5. The highest BCUT2D eigenvalue weighted by Crippen LogP contribution is 2.24. The lowest BCUT2D eigenvalue weighted by atomic mass is 10.2. The molecule has 0 fully saturated rings. The Morgan fingerprint density at radius 1 is 1.53 bits per heavy atom. The van der Waals surface area contributed by atoms with Gasteiger partial charge in [-0.05, 0) is 48.0 Å². The molecule has 0 spiro atoms. The number of rotatable bonds is 3. The van der Waals surface area contributed by atoms with Crippen molar-refractivity contribution in [3.8, 4) is 0 Å². The minimum absolute atomic E-state index is 0.0544. The zero-order valence-corrected chi connectivity index (χ0v) is 13.6. The standard InChI is InChI=1S/C13H12BrClN2OS/c1-7-3-4-11(19-7)8(2)17-13(18)10-5-9(14)6-16-12(10)15/h3-6,8H,1-2H3,(H,17,18). The van der Waals surface area contributed by atoms with Crippen LogP contribution in [-0.4, -0.2) is 10.9 Å². The van der Waals surface area contributed by atoms with Crippen LogP contribution in [0.2, 0.25) is 5.15 Å². The summed E-state index contributed by atoms with van der Waals surface area (Å²) in [4.78, 5) is 18.4. The summed E-state index contributed by atoms with van der Waals surface area (Å²) in [5.41, 5.74) is 0.371. The van der Waals surface area contributed by atoms with Crippen molar-refractivity contribution in [1.29, 1.82) is 0 Å². The molecule has 19 heavy (non-hydrogen) atoms. The molecule has 2 rings (SSSR count). The minimum Gasteiger partial charge on any atom is -0.345 e. The number of carbonyl (C=O) groups excluding carboxylic acids is 1. The van der Waals surface area contributed by atoms with Gasteiger partial charge in [-0.1, -0.05) is 11.6 Å². The van der Waals surface area contributed by atoms with Gasteiger partial charge in [0.1, 0.15) is 5.15 Å². The highest BCUT2D eigenvalue weighted by atomic mass is 79.9. The van der Waals surface area contributed by atoms with Crippen LogP contribution in [0.1, 0.15) is 33.1 Å². The summed E-state index contributed by atoms with van der Waals surface area (Å²) in [6.45, 7) is 3.99. The van der Waals surface area contributed by atoms with E-state index in [-0.39, 0.29) is 17.1 Å². The Kier molecular flexibility index (Phi) is 4.60. The monoisotopic (exact) mass is 358 g/mol. The average molecular weight is 360 g/mol. The largest absolute Gasteiger partial charge is 0.345 e. The second-order valence-electron chi connectivity index (χ2n) is 4.14. The van der Waals surface area contributed by atoms with E-state index in [0.29, 0.717) is 5.56 Å². The van der Waals surface area contributed by atoms with Crippen LogP contribution >= 0.6 is 38.9 Å². The van der Waals surface area contributed by atoms with Crippen molar-refractivity contribution in [1.82, 2.24) is 10.3 Å². The number of aromatic nitrogens is 1. The van der Waals surface area contributed by atoms with Crippen molar-refractivity contribution in [3.05, 3.63) is 49.3 Å². The Morgan fingerprint density at radius 2 is 2.26 bits per heavy atom. The number of thiophene rings is 1. The Morgan fingerprint density at radius 3 is 2.89 bits per heavy atom. The van der Waals surface area contributed by atoms with Crippen LogP contribution in [0.15, 0.2) is 28.9 Å². The van der Waals surface area contributed by atoms with Gasteiger partial charge >= 0.3 is 0 Å². The molecular weight excluding hydrogens is 348 g/mol. The van der Waals surface area contributed by atoms with Crippen LogP contribution in [0.3, 0.4) is 0 Å². The molecule has 1 atom stereocenters. The number of hydrogen-bond donors (Lipinski definition) is 1. The molecule has 2 aromatic rings. The average Bonchev–Trinajstić information content (AvgIpc) is 2.79. The van der Waals surface area contributed by atoms with Crippen LogP contribution in [0.4, 0.5) is 0 Å². The molecule has 0 saturated heterocycles. The molecule has 1 N–H and O–H groups in total. The van der Waals surface area contributed by atoms with Gasteiger partial charge in [0.05, 0.1) is 11.6 Å². The lowest BCUT2D eigenvalue weighted by Gasteiger charge is -2.12. The van der Waals surface area contributed by atoms with Crippen LogP contribution in [0.25, 0.3) is 0 Å². The van der Waals surface area contributed by atoms with Gasteiger partial charge in [0.15, 0.2) is 0 Å². The summed E-state index contributed by atoms with van der Waals surface area (Å²) in [7, 11) is 0. The Labute approximate surface area is 129 Å². The zero-order valence-electron chi connectivity index (χ0n) is 10.4. The maximum absolute atomic E-state index is 12.2. The predicted octanol–water partition coefficient (Wildman–Crippen LogP) is 4.36. The van der Waals surface area contributed by atoms with Gasteiger partial charge in [0.25, 0.3) is 5.91 Å². The van der Waals surface area contributed by atoms with Crippen molar-refractivity contribution >= 4 is 44.8 Å². The number of nitrogens with zero attached hydrogens (tertiary/aromatic N) is 1. The highest BCUT2D eigenvalue weighted by Gasteiger charge is 2.16. The van der Waals surface area contributed by atoms with Gasteiger partial charge in [-0.15, -0.1) is 11.3 Å². The van der Waals surface area contributed by atoms with Crippen molar-refractivity contribution < 1.29 is 4.79 Å². The second-order valence-corrected chi connectivity index (χ2v) is 6.73. The molecule has 1 amide bonds. The fourth-order valence-corrected chi connectivity index (χ4v) is 3.01. The van der Waals surface area contributed by atoms with E-state index in [0.717, 1.165) is 9.35 Å². The first-order valence-electron chi connectivity index (χ1n) is 5.65. The summed E-state index contributed by atoms with van der Waals surface area (Å²) in [5.74, 6) is -0.225. The number of aryl methyl sites for hydroxylation is 1. The summed E-state index contributed by atoms with van der Waals surface area (Å²) < 4.78 is 0.724. The summed E-state index contributed by atoms with van der Waals surface area (Å²) in [6.07, 6.45) is 1.56. The van der Waals surface area contributed by atoms with E-state index in [1.165, 1.54) is 4.88 Å². The van der Waals surface area contributed by atoms with Crippen LogP contribution in [0.5, 0.6) is 0 Å². The number of amides is 1. The molecule has 6 heteroatoms. The molecule has 1 unspecified atom stereocenters. The molecule has 0 bridgehead atoms. The number of pyridine rings is 1. The van der Waals surface area contributed by atoms with Gasteiger partial charge in [0, 0.05) is 20.4 Å². The van der Waals surface area contributed by atoms with Crippen LogP contribution < -0.4 is 5.32 Å². The molecular formula is C13H12BrClN2OS. The third kappa shape index (κ3) is 3.55. The second kappa shape index (κ2) is 6.03. The van der Waals surface area contributed by atoms with Gasteiger partial charge in [-0.25, -0.2) is 4.98 Å². The number of halogens is 2. The van der Waals surface area contributed by atoms with Gasteiger partial charge in [0.2, 0.25) is 0 Å². The summed E-state index contributed by atoms with van der Waals surface area (Å²) in [5, 5.41) is 3.12. The maximum Gasteiger partial charge on any atom is 0.254 e. The van der Waals surface area contributed by atoms with Gasteiger partial charge < -0.3 is 5.32 Å². The SMILES string of the molecule is Cc1ccc(C(C)NC(=O)c2cc(Br)cnc2Cl)s1. The minimum atomic E-state index is -0.225. The molecule has 2 heterocycles. The van der Waals surface area contributed by atoms with Gasteiger partial charge in [-0.2, -0.15) is 0 Å². The summed E-state index contributed by atoms with van der Waals surface area (Å²) in [6, 6.07) is 5.67. The van der Waals surface area contributed by atoms with E-state index >= 15 is 0 Å². The maximum atomic E-state index is 12.2. The molecule has 0 aliphatic carbocycles. The molecule has 0 aliphatic heterocycles. The van der Waals surface area contributed by atoms with Crippen molar-refractivity contribution in [2.45, 2.75) is 19.9 Å². The lowest BCUT2D eigenvalue weighted by molar-refractivity contribution is 0.0940. The van der Waals surface area contributed by atoms with Gasteiger partial charge in [-0.3, -0.25) is 4.79 Å². The Bertz CT molecular complexity index is 614. The van der Waals surface area contributed by atoms with Crippen molar-refractivity contribution in [2.24, 2.45) is 0 Å². The van der Waals surface area contributed by atoms with Crippen LogP contribution in [0, 0.1) is 6.92 Å². The van der Waals surface area contributed by atoms with Crippen molar-refractivity contribution in [2.75, 3.05) is 0 Å².